The molecule has 4 nitrogen and oxygen atoms in total. The third-order valence-corrected chi connectivity index (χ3v) is 5.12. The van der Waals surface area contributed by atoms with E-state index in [-0.39, 0.29) is 24.2 Å². The molecule has 6 heteroatoms. The van der Waals surface area contributed by atoms with Crippen LogP contribution in [0.1, 0.15) is 24.1 Å². The molecule has 1 unspecified atom stereocenters. The maximum absolute atomic E-state index is 13.1. The van der Waals surface area contributed by atoms with Crippen LogP contribution in [0.3, 0.4) is 0 Å². The first-order chi connectivity index (χ1) is 12.0. The molecule has 25 heavy (non-hydrogen) atoms. The van der Waals surface area contributed by atoms with Gasteiger partial charge in [0, 0.05) is 11.5 Å². The Bertz CT molecular complexity index is 779. The van der Waals surface area contributed by atoms with E-state index < -0.39 is 0 Å². The molecule has 0 radical (unpaired) electrons. The maximum atomic E-state index is 13.1. The van der Waals surface area contributed by atoms with E-state index >= 15 is 0 Å². The van der Waals surface area contributed by atoms with Crippen molar-refractivity contribution in [3.63, 3.8) is 0 Å². The molecule has 0 spiro atoms. The lowest BCUT2D eigenvalue weighted by Crippen LogP contribution is -2.31. The fraction of sp³-hybridized carbons (Fsp3) is 0.316. The quantitative estimate of drug-likeness (QED) is 0.764. The average molecular weight is 408 g/mol. The SMILES string of the molecule is CC(c1ccc(F)cc1)N(C)C(=O)Cc1cc2c(cc1Br)OCCO2. The predicted octanol–water partition coefficient (Wildman–Crippen LogP) is 4.12. The van der Waals surface area contributed by atoms with Crippen molar-refractivity contribution in [2.45, 2.75) is 19.4 Å². The average Bonchev–Trinajstić information content (AvgIpc) is 2.61. The van der Waals surface area contributed by atoms with Crippen molar-refractivity contribution < 1.29 is 18.7 Å². The van der Waals surface area contributed by atoms with E-state index in [0.29, 0.717) is 24.7 Å². The second-order valence-corrected chi connectivity index (χ2v) is 6.85. The van der Waals surface area contributed by atoms with Gasteiger partial charge < -0.3 is 14.4 Å². The summed E-state index contributed by atoms with van der Waals surface area (Å²) in [5.74, 6) is 1.02. The zero-order chi connectivity index (χ0) is 18.0. The van der Waals surface area contributed by atoms with Gasteiger partial charge in [-0.3, -0.25) is 4.79 Å². The van der Waals surface area contributed by atoms with Crippen LogP contribution in [-0.2, 0) is 11.2 Å². The second kappa shape index (κ2) is 7.44. The fourth-order valence-corrected chi connectivity index (χ4v) is 3.17. The zero-order valence-electron chi connectivity index (χ0n) is 14.1. The highest BCUT2D eigenvalue weighted by atomic mass is 79.9. The Morgan fingerprint density at radius 2 is 1.80 bits per heavy atom. The Morgan fingerprint density at radius 3 is 2.44 bits per heavy atom. The molecule has 0 N–H and O–H groups in total. The lowest BCUT2D eigenvalue weighted by Gasteiger charge is -2.26. The van der Waals surface area contributed by atoms with Crippen molar-refractivity contribution in [3.05, 3.63) is 57.8 Å². The van der Waals surface area contributed by atoms with Crippen molar-refractivity contribution >= 4 is 21.8 Å². The summed E-state index contributed by atoms with van der Waals surface area (Å²) in [5, 5.41) is 0. The lowest BCUT2D eigenvalue weighted by molar-refractivity contribution is -0.131. The topological polar surface area (TPSA) is 38.8 Å². The van der Waals surface area contributed by atoms with E-state index in [1.807, 2.05) is 19.1 Å². The van der Waals surface area contributed by atoms with Gasteiger partial charge in [-0.1, -0.05) is 28.1 Å². The van der Waals surface area contributed by atoms with Crippen LogP contribution in [-0.4, -0.2) is 31.1 Å². The van der Waals surface area contributed by atoms with Gasteiger partial charge in [0.2, 0.25) is 5.91 Å². The van der Waals surface area contributed by atoms with E-state index in [4.69, 9.17) is 9.47 Å². The van der Waals surface area contributed by atoms with Gasteiger partial charge in [-0.15, -0.1) is 0 Å². The lowest BCUT2D eigenvalue weighted by atomic mass is 10.1. The number of hydrogen-bond acceptors (Lipinski definition) is 3. The molecule has 0 saturated carbocycles. The number of hydrogen-bond donors (Lipinski definition) is 0. The van der Waals surface area contributed by atoms with Gasteiger partial charge in [0.25, 0.3) is 0 Å². The molecule has 2 aromatic rings. The molecule has 0 fully saturated rings. The predicted molar refractivity (Wildman–Crippen MR) is 96.4 cm³/mol. The smallest absolute Gasteiger partial charge is 0.227 e. The zero-order valence-corrected chi connectivity index (χ0v) is 15.7. The van der Waals surface area contributed by atoms with Crippen LogP contribution >= 0.6 is 15.9 Å². The van der Waals surface area contributed by atoms with Crippen LogP contribution in [0.15, 0.2) is 40.9 Å². The Hall–Kier alpha value is -2.08. The number of carbonyl (C=O) groups is 1. The van der Waals surface area contributed by atoms with Crippen LogP contribution < -0.4 is 9.47 Å². The number of benzene rings is 2. The summed E-state index contributed by atoms with van der Waals surface area (Å²) in [6.07, 6.45) is 0.235. The Morgan fingerprint density at radius 1 is 1.20 bits per heavy atom. The van der Waals surface area contributed by atoms with Gasteiger partial charge in [0.1, 0.15) is 19.0 Å². The first-order valence-electron chi connectivity index (χ1n) is 8.05. The van der Waals surface area contributed by atoms with E-state index in [1.54, 1.807) is 24.1 Å². The molecule has 1 aliphatic rings. The van der Waals surface area contributed by atoms with Crippen LogP contribution in [0.5, 0.6) is 11.5 Å². The normalized spacial score (nSPS) is 14.1. The minimum Gasteiger partial charge on any atom is -0.486 e. The molecule has 1 aliphatic heterocycles. The van der Waals surface area contributed by atoms with Gasteiger partial charge in [-0.25, -0.2) is 4.39 Å². The maximum Gasteiger partial charge on any atom is 0.227 e. The Kier molecular flexibility index (Phi) is 5.27. The third kappa shape index (κ3) is 3.95. The van der Waals surface area contributed by atoms with Gasteiger partial charge in [-0.05, 0) is 42.3 Å². The number of fused-ring (bicyclic) bond motifs is 1. The summed E-state index contributed by atoms with van der Waals surface area (Å²) in [6, 6.07) is 9.73. The molecule has 1 amide bonds. The summed E-state index contributed by atoms with van der Waals surface area (Å²) >= 11 is 3.49. The summed E-state index contributed by atoms with van der Waals surface area (Å²) < 4.78 is 25.0. The van der Waals surface area contributed by atoms with E-state index in [2.05, 4.69) is 15.9 Å². The molecule has 0 aromatic heterocycles. The van der Waals surface area contributed by atoms with Gasteiger partial charge in [0.15, 0.2) is 11.5 Å². The molecule has 3 rings (SSSR count). The van der Waals surface area contributed by atoms with E-state index in [9.17, 15) is 9.18 Å². The molecule has 1 heterocycles. The number of carbonyl (C=O) groups excluding carboxylic acids is 1. The summed E-state index contributed by atoms with van der Waals surface area (Å²) in [6.45, 7) is 2.95. The highest BCUT2D eigenvalue weighted by Gasteiger charge is 2.21. The van der Waals surface area contributed by atoms with Gasteiger partial charge >= 0.3 is 0 Å². The van der Waals surface area contributed by atoms with Crippen LogP contribution in [0.2, 0.25) is 0 Å². The highest BCUT2D eigenvalue weighted by Crippen LogP contribution is 2.36. The number of halogens is 2. The minimum absolute atomic E-state index is 0.0331. The van der Waals surface area contributed by atoms with Crippen molar-refractivity contribution in [1.29, 1.82) is 0 Å². The molecule has 2 aromatic carbocycles. The number of nitrogens with zero attached hydrogens (tertiary/aromatic N) is 1. The van der Waals surface area contributed by atoms with Crippen molar-refractivity contribution in [2.24, 2.45) is 0 Å². The molecule has 132 valence electrons. The number of ether oxygens (including phenoxy) is 2. The second-order valence-electron chi connectivity index (χ2n) is 6.00. The Labute approximate surface area is 154 Å². The standard InChI is InChI=1S/C19H19BrFNO3/c1-12(13-3-5-15(21)6-4-13)22(2)19(23)10-14-9-17-18(11-16(14)20)25-8-7-24-17/h3-6,9,11-12H,7-8,10H2,1-2H3. The molecular weight excluding hydrogens is 389 g/mol. The minimum atomic E-state index is -0.287. The van der Waals surface area contributed by atoms with E-state index in [0.717, 1.165) is 15.6 Å². The first-order valence-corrected chi connectivity index (χ1v) is 8.84. The Balaban J connectivity index is 1.74. The van der Waals surface area contributed by atoms with E-state index in [1.165, 1.54) is 12.1 Å². The van der Waals surface area contributed by atoms with Crippen molar-refractivity contribution in [3.8, 4) is 11.5 Å². The van der Waals surface area contributed by atoms with Crippen LogP contribution in [0, 0.1) is 5.82 Å². The van der Waals surface area contributed by atoms with Crippen LogP contribution in [0.4, 0.5) is 4.39 Å². The highest BCUT2D eigenvalue weighted by molar-refractivity contribution is 9.10. The van der Waals surface area contributed by atoms with Crippen molar-refractivity contribution in [1.82, 2.24) is 4.90 Å². The monoisotopic (exact) mass is 407 g/mol. The first kappa shape index (κ1) is 17.7. The largest absolute Gasteiger partial charge is 0.486 e. The third-order valence-electron chi connectivity index (χ3n) is 4.38. The van der Waals surface area contributed by atoms with Gasteiger partial charge in [0.05, 0.1) is 12.5 Å². The molecule has 0 aliphatic carbocycles. The van der Waals surface area contributed by atoms with Crippen molar-refractivity contribution in [2.75, 3.05) is 20.3 Å². The molecular formula is C19H19BrFNO3. The fourth-order valence-electron chi connectivity index (χ4n) is 2.71. The van der Waals surface area contributed by atoms with Gasteiger partial charge in [-0.2, -0.15) is 0 Å². The summed E-state index contributed by atoms with van der Waals surface area (Å²) in [5.41, 5.74) is 1.73. The molecule has 1 atom stereocenters. The van der Waals surface area contributed by atoms with Crippen LogP contribution in [0.25, 0.3) is 0 Å². The molecule has 0 saturated heterocycles. The number of rotatable bonds is 4. The number of amides is 1. The summed E-state index contributed by atoms with van der Waals surface area (Å²) in [7, 11) is 1.75. The number of likely N-dealkylation sites (N-methyl/N-ethyl adjacent to an activating group) is 1. The summed E-state index contributed by atoms with van der Waals surface area (Å²) in [4.78, 5) is 14.3. The molecule has 0 bridgehead atoms.